The van der Waals surface area contributed by atoms with Gasteiger partial charge in [0.15, 0.2) is 0 Å². The summed E-state index contributed by atoms with van der Waals surface area (Å²) in [6.07, 6.45) is 1.19. The zero-order valence-corrected chi connectivity index (χ0v) is 12.0. The van der Waals surface area contributed by atoms with Gasteiger partial charge in [-0.25, -0.2) is 0 Å². The highest BCUT2D eigenvalue weighted by Crippen LogP contribution is 2.20. The average molecular weight is 315 g/mol. The van der Waals surface area contributed by atoms with Gasteiger partial charge in [0.25, 0.3) is 0 Å². The smallest absolute Gasteiger partial charge is 0.310 e. The van der Waals surface area contributed by atoms with Gasteiger partial charge in [0.1, 0.15) is 0 Å². The van der Waals surface area contributed by atoms with E-state index in [1.165, 1.54) is 14.2 Å². The molecule has 4 nitrogen and oxygen atoms in total. The number of esters is 2. The maximum atomic E-state index is 11.2. The first-order valence-electron chi connectivity index (χ1n) is 5.47. The second kappa shape index (κ2) is 7.16. The molecule has 18 heavy (non-hydrogen) atoms. The molecule has 0 N–H and O–H groups in total. The molecule has 0 bridgehead atoms. The highest BCUT2D eigenvalue weighted by molar-refractivity contribution is 9.10. The molecule has 0 unspecified atom stereocenters. The van der Waals surface area contributed by atoms with Crippen molar-refractivity contribution in [3.05, 3.63) is 33.8 Å². The lowest BCUT2D eigenvalue weighted by Crippen LogP contribution is -2.05. The molecule has 0 amide bonds. The lowest BCUT2D eigenvalue weighted by atomic mass is 10.1. The van der Waals surface area contributed by atoms with Crippen LogP contribution in [0.5, 0.6) is 0 Å². The van der Waals surface area contributed by atoms with Crippen LogP contribution in [-0.4, -0.2) is 26.2 Å². The predicted octanol–water partition coefficient (Wildman–Crippen LogP) is 2.27. The number of carbonyl (C=O) groups excluding carboxylic acids is 2. The Kier molecular flexibility index (Phi) is 5.85. The molecule has 0 saturated heterocycles. The van der Waals surface area contributed by atoms with Crippen LogP contribution in [0.25, 0.3) is 0 Å². The van der Waals surface area contributed by atoms with Crippen LogP contribution in [0, 0.1) is 0 Å². The number of hydrogen-bond donors (Lipinski definition) is 0. The van der Waals surface area contributed by atoms with Gasteiger partial charge in [-0.3, -0.25) is 9.59 Å². The Labute approximate surface area is 114 Å². The summed E-state index contributed by atoms with van der Waals surface area (Å²) >= 11 is 3.40. The molecule has 5 heteroatoms. The summed E-state index contributed by atoms with van der Waals surface area (Å²) in [6.45, 7) is 0. The first-order valence-corrected chi connectivity index (χ1v) is 6.27. The third kappa shape index (κ3) is 4.49. The molecule has 0 heterocycles. The summed E-state index contributed by atoms with van der Waals surface area (Å²) in [6, 6.07) is 5.65. The van der Waals surface area contributed by atoms with E-state index in [0.29, 0.717) is 12.8 Å². The van der Waals surface area contributed by atoms with Crippen molar-refractivity contribution in [1.82, 2.24) is 0 Å². The van der Waals surface area contributed by atoms with Crippen molar-refractivity contribution in [2.75, 3.05) is 14.2 Å². The Hall–Kier alpha value is -1.36. The van der Waals surface area contributed by atoms with Crippen LogP contribution in [0.4, 0.5) is 0 Å². The van der Waals surface area contributed by atoms with Crippen LogP contribution < -0.4 is 0 Å². The second-order valence-electron chi connectivity index (χ2n) is 3.75. The highest BCUT2D eigenvalue weighted by atomic mass is 79.9. The van der Waals surface area contributed by atoms with Gasteiger partial charge in [0, 0.05) is 10.9 Å². The second-order valence-corrected chi connectivity index (χ2v) is 4.61. The number of halogens is 1. The Bertz CT molecular complexity index is 443. The molecule has 0 aliphatic carbocycles. The number of rotatable bonds is 5. The van der Waals surface area contributed by atoms with Gasteiger partial charge in [-0.15, -0.1) is 0 Å². The maximum Gasteiger partial charge on any atom is 0.310 e. The number of methoxy groups -OCH3 is 2. The first-order chi connectivity index (χ1) is 8.56. The molecule has 0 fully saturated rings. The quantitative estimate of drug-likeness (QED) is 0.782. The van der Waals surface area contributed by atoms with Crippen LogP contribution in [0.3, 0.4) is 0 Å². The van der Waals surface area contributed by atoms with Crippen molar-refractivity contribution in [3.63, 3.8) is 0 Å². The molecule has 0 aromatic heterocycles. The molecule has 1 aromatic rings. The van der Waals surface area contributed by atoms with Gasteiger partial charge < -0.3 is 9.47 Å². The number of hydrogen-bond acceptors (Lipinski definition) is 4. The van der Waals surface area contributed by atoms with Gasteiger partial charge in [-0.2, -0.15) is 0 Å². The molecule has 0 saturated carbocycles. The van der Waals surface area contributed by atoms with Crippen LogP contribution >= 0.6 is 15.9 Å². The van der Waals surface area contributed by atoms with Crippen molar-refractivity contribution in [3.8, 4) is 0 Å². The van der Waals surface area contributed by atoms with Crippen molar-refractivity contribution >= 4 is 27.9 Å². The molecule has 0 spiro atoms. The molecule has 1 aromatic carbocycles. The molecule has 0 aliphatic heterocycles. The summed E-state index contributed by atoms with van der Waals surface area (Å²) in [4.78, 5) is 22.2. The largest absolute Gasteiger partial charge is 0.469 e. The van der Waals surface area contributed by atoms with Crippen molar-refractivity contribution in [1.29, 1.82) is 0 Å². The SMILES string of the molecule is COC(=O)CCc1ccc(CC(=O)OC)c(Br)c1. The average Bonchev–Trinajstić information content (AvgIpc) is 2.38. The summed E-state index contributed by atoms with van der Waals surface area (Å²) in [5, 5.41) is 0. The topological polar surface area (TPSA) is 52.6 Å². The molecule has 0 radical (unpaired) electrons. The van der Waals surface area contributed by atoms with Crippen LogP contribution in [0.2, 0.25) is 0 Å². The number of carbonyl (C=O) groups is 2. The van der Waals surface area contributed by atoms with E-state index in [4.69, 9.17) is 0 Å². The third-order valence-electron chi connectivity index (χ3n) is 2.53. The van der Waals surface area contributed by atoms with Crippen LogP contribution in [0.1, 0.15) is 17.5 Å². The summed E-state index contributed by atoms with van der Waals surface area (Å²) < 4.78 is 10.0. The summed E-state index contributed by atoms with van der Waals surface area (Å²) in [5.74, 6) is -0.511. The minimum absolute atomic E-state index is 0.231. The molecule has 0 atom stereocenters. The van der Waals surface area contributed by atoms with Gasteiger partial charge >= 0.3 is 11.9 Å². The van der Waals surface area contributed by atoms with Gasteiger partial charge in [0.2, 0.25) is 0 Å². The zero-order chi connectivity index (χ0) is 13.5. The Balaban J connectivity index is 2.67. The van der Waals surface area contributed by atoms with Crippen molar-refractivity contribution in [2.24, 2.45) is 0 Å². The zero-order valence-electron chi connectivity index (χ0n) is 10.4. The van der Waals surface area contributed by atoms with Crippen molar-refractivity contribution in [2.45, 2.75) is 19.3 Å². The Morgan fingerprint density at radius 2 is 1.83 bits per heavy atom. The number of benzene rings is 1. The number of aryl methyl sites for hydroxylation is 1. The molecule has 98 valence electrons. The molecule has 0 aliphatic rings. The molecule has 1 rings (SSSR count). The normalized spacial score (nSPS) is 9.94. The molecular weight excluding hydrogens is 300 g/mol. The van der Waals surface area contributed by atoms with E-state index in [9.17, 15) is 9.59 Å². The van der Waals surface area contributed by atoms with E-state index in [1.807, 2.05) is 18.2 Å². The predicted molar refractivity (Wildman–Crippen MR) is 70.2 cm³/mol. The van der Waals surface area contributed by atoms with Gasteiger partial charge in [-0.05, 0) is 23.6 Å². The van der Waals surface area contributed by atoms with E-state index in [2.05, 4.69) is 25.4 Å². The summed E-state index contributed by atoms with van der Waals surface area (Å²) in [5.41, 5.74) is 1.88. The van der Waals surface area contributed by atoms with E-state index in [-0.39, 0.29) is 18.4 Å². The summed E-state index contributed by atoms with van der Waals surface area (Å²) in [7, 11) is 2.73. The lowest BCUT2D eigenvalue weighted by molar-refractivity contribution is -0.141. The minimum Gasteiger partial charge on any atom is -0.469 e. The van der Waals surface area contributed by atoms with E-state index in [1.54, 1.807) is 0 Å². The minimum atomic E-state index is -0.280. The Morgan fingerprint density at radius 3 is 2.39 bits per heavy atom. The lowest BCUT2D eigenvalue weighted by Gasteiger charge is -2.06. The fraction of sp³-hybridized carbons (Fsp3) is 0.385. The fourth-order valence-corrected chi connectivity index (χ4v) is 2.03. The first kappa shape index (κ1) is 14.7. The standard InChI is InChI=1S/C13H15BrO4/c1-17-12(15)6-4-9-3-5-10(11(14)7-9)8-13(16)18-2/h3,5,7H,4,6,8H2,1-2H3. The monoisotopic (exact) mass is 314 g/mol. The van der Waals surface area contributed by atoms with Crippen molar-refractivity contribution < 1.29 is 19.1 Å². The van der Waals surface area contributed by atoms with E-state index >= 15 is 0 Å². The maximum absolute atomic E-state index is 11.2. The van der Waals surface area contributed by atoms with E-state index in [0.717, 1.165) is 15.6 Å². The van der Waals surface area contributed by atoms with Crippen LogP contribution in [-0.2, 0) is 31.9 Å². The number of ether oxygens (including phenoxy) is 2. The van der Waals surface area contributed by atoms with Gasteiger partial charge in [0.05, 0.1) is 20.6 Å². The Morgan fingerprint density at radius 1 is 1.17 bits per heavy atom. The highest BCUT2D eigenvalue weighted by Gasteiger charge is 2.08. The third-order valence-corrected chi connectivity index (χ3v) is 3.26. The van der Waals surface area contributed by atoms with Gasteiger partial charge in [-0.1, -0.05) is 28.1 Å². The van der Waals surface area contributed by atoms with E-state index < -0.39 is 0 Å². The van der Waals surface area contributed by atoms with Crippen LogP contribution in [0.15, 0.2) is 22.7 Å². The fourth-order valence-electron chi connectivity index (χ4n) is 1.47. The molecular formula is C13H15BrO4.